The molecule has 0 bridgehead atoms. The molecule has 204 valence electrons. The van der Waals surface area contributed by atoms with Gasteiger partial charge in [-0.1, -0.05) is 43.2 Å². The average molecular weight is 548 g/mol. The van der Waals surface area contributed by atoms with Crippen LogP contribution in [0.5, 0.6) is 0 Å². The van der Waals surface area contributed by atoms with E-state index in [9.17, 15) is 13.2 Å². The molecular weight excluding hydrogens is 514 g/mol. The number of fused-ring (bicyclic) bond motifs is 1. The molecule has 39 heavy (non-hydrogen) atoms. The quantitative estimate of drug-likeness (QED) is 0.467. The number of hydrogen-bond donors (Lipinski definition) is 0. The zero-order valence-electron chi connectivity index (χ0n) is 22.0. The Hall–Kier alpha value is -3.05. The average Bonchev–Trinajstić information content (AvgIpc) is 3.78. The van der Waals surface area contributed by atoms with E-state index < -0.39 is 15.7 Å². The molecule has 4 heterocycles. The molecule has 2 aromatic carbocycles. The molecule has 0 atom stereocenters. The Kier molecular flexibility index (Phi) is 6.11. The minimum atomic E-state index is -3.46. The van der Waals surface area contributed by atoms with Crippen molar-refractivity contribution in [2.24, 2.45) is 4.99 Å². The van der Waals surface area contributed by atoms with Crippen LogP contribution in [0.1, 0.15) is 44.1 Å². The molecule has 0 N–H and O–H groups in total. The van der Waals surface area contributed by atoms with Crippen molar-refractivity contribution < 1.29 is 17.6 Å². The van der Waals surface area contributed by atoms with Gasteiger partial charge in [-0.3, -0.25) is 19.6 Å². The molecular formula is C29H33N5O4S. The van der Waals surface area contributed by atoms with Crippen LogP contribution in [0.3, 0.4) is 0 Å². The van der Waals surface area contributed by atoms with E-state index in [1.807, 2.05) is 35.2 Å². The predicted molar refractivity (Wildman–Crippen MR) is 149 cm³/mol. The fourth-order valence-corrected chi connectivity index (χ4v) is 8.12. The predicted octanol–water partition coefficient (Wildman–Crippen LogP) is 3.87. The third-order valence-electron chi connectivity index (χ3n) is 8.66. The third kappa shape index (κ3) is 4.30. The number of rotatable bonds is 6. The second-order valence-corrected chi connectivity index (χ2v) is 13.1. The molecule has 9 nitrogen and oxygen atoms in total. The summed E-state index contributed by atoms with van der Waals surface area (Å²) in [5.41, 5.74) is 3.26. The van der Waals surface area contributed by atoms with Crippen molar-refractivity contribution in [3.05, 3.63) is 60.4 Å². The third-order valence-corrected chi connectivity index (χ3v) is 10.6. The summed E-state index contributed by atoms with van der Waals surface area (Å²) < 4.78 is 34.8. The highest BCUT2D eigenvalue weighted by molar-refractivity contribution is 7.86. The SMILES string of the molecule is O=C1N(CN2CCN(S(=O)(=O)N3CCCC3)C2)C(c2ccc(-c3ccc4occc4c3)cc2)=NC12CCCC2. The van der Waals surface area contributed by atoms with Crippen LogP contribution in [0, 0.1) is 0 Å². The Labute approximate surface area is 228 Å². The van der Waals surface area contributed by atoms with Crippen LogP contribution in [-0.4, -0.2) is 83.6 Å². The topological polar surface area (TPSA) is 89.7 Å². The van der Waals surface area contributed by atoms with E-state index in [-0.39, 0.29) is 5.91 Å². The Morgan fingerprint density at radius 1 is 0.821 bits per heavy atom. The van der Waals surface area contributed by atoms with E-state index in [0.29, 0.717) is 45.4 Å². The van der Waals surface area contributed by atoms with Gasteiger partial charge in [0, 0.05) is 37.1 Å². The number of nitrogens with zero attached hydrogens (tertiary/aromatic N) is 5. The van der Waals surface area contributed by atoms with Gasteiger partial charge in [0.05, 0.1) is 19.6 Å². The van der Waals surface area contributed by atoms with Gasteiger partial charge in [-0.15, -0.1) is 0 Å². The molecule has 1 aromatic heterocycles. The summed E-state index contributed by atoms with van der Waals surface area (Å²) in [6.45, 7) is 2.84. The number of carbonyl (C=O) groups is 1. The number of amidine groups is 1. The van der Waals surface area contributed by atoms with Crippen LogP contribution >= 0.6 is 0 Å². The number of benzene rings is 2. The Morgan fingerprint density at radius 2 is 1.54 bits per heavy atom. The maximum Gasteiger partial charge on any atom is 0.283 e. The van der Waals surface area contributed by atoms with Crippen molar-refractivity contribution in [3.8, 4) is 11.1 Å². The van der Waals surface area contributed by atoms with Crippen molar-refractivity contribution in [1.82, 2.24) is 18.4 Å². The highest BCUT2D eigenvalue weighted by Gasteiger charge is 2.50. The fourth-order valence-electron chi connectivity index (χ4n) is 6.46. The number of aliphatic imine (C=N–C) groups is 1. The molecule has 3 fully saturated rings. The second-order valence-electron chi connectivity index (χ2n) is 11.1. The Balaban J connectivity index is 1.13. The van der Waals surface area contributed by atoms with Gasteiger partial charge in [-0.25, -0.2) is 0 Å². The molecule has 1 amide bonds. The Bertz CT molecular complexity index is 1540. The number of furan rings is 1. The zero-order valence-corrected chi connectivity index (χ0v) is 22.8. The minimum Gasteiger partial charge on any atom is -0.464 e. The summed E-state index contributed by atoms with van der Waals surface area (Å²) in [4.78, 5) is 22.7. The molecule has 7 rings (SSSR count). The lowest BCUT2D eigenvalue weighted by atomic mass is 9.98. The minimum absolute atomic E-state index is 0.0466. The van der Waals surface area contributed by atoms with Crippen LogP contribution in [0.2, 0.25) is 0 Å². The summed E-state index contributed by atoms with van der Waals surface area (Å²) in [6.07, 6.45) is 7.06. The standard InChI is InChI=1S/C29H33N5O4S/c35-28-29(12-1-2-13-29)30-27(23-7-5-22(6-8-23)24-9-10-26-25(19-24)11-18-38-26)34(28)21-31-16-17-33(20-31)39(36,37)32-14-3-4-15-32/h5-11,18-19H,1-4,12-17,20-21H2. The van der Waals surface area contributed by atoms with Crippen LogP contribution in [0.15, 0.2) is 64.2 Å². The van der Waals surface area contributed by atoms with Crippen molar-refractivity contribution >= 4 is 32.9 Å². The molecule has 1 spiro atoms. The van der Waals surface area contributed by atoms with E-state index in [2.05, 4.69) is 18.2 Å². The van der Waals surface area contributed by atoms with Gasteiger partial charge in [0.1, 0.15) is 17.0 Å². The van der Waals surface area contributed by atoms with Crippen LogP contribution in [-0.2, 0) is 15.0 Å². The van der Waals surface area contributed by atoms with E-state index in [0.717, 1.165) is 66.2 Å². The van der Waals surface area contributed by atoms with Crippen LogP contribution in [0.25, 0.3) is 22.1 Å². The van der Waals surface area contributed by atoms with Crippen molar-refractivity contribution in [2.45, 2.75) is 44.1 Å². The van der Waals surface area contributed by atoms with E-state index in [4.69, 9.17) is 9.41 Å². The van der Waals surface area contributed by atoms with Gasteiger partial charge >= 0.3 is 0 Å². The van der Waals surface area contributed by atoms with E-state index in [1.165, 1.54) is 0 Å². The van der Waals surface area contributed by atoms with Crippen molar-refractivity contribution in [3.63, 3.8) is 0 Å². The van der Waals surface area contributed by atoms with Gasteiger partial charge in [0.25, 0.3) is 16.1 Å². The fraction of sp³-hybridized carbons (Fsp3) is 0.448. The highest BCUT2D eigenvalue weighted by Crippen LogP contribution is 2.40. The van der Waals surface area contributed by atoms with Crippen molar-refractivity contribution in [1.29, 1.82) is 0 Å². The molecule has 3 aromatic rings. The normalized spacial score (nSPS) is 22.6. The first-order chi connectivity index (χ1) is 18.9. The van der Waals surface area contributed by atoms with Gasteiger partial charge in [0.15, 0.2) is 0 Å². The monoisotopic (exact) mass is 547 g/mol. The largest absolute Gasteiger partial charge is 0.464 e. The van der Waals surface area contributed by atoms with E-state index >= 15 is 0 Å². The zero-order chi connectivity index (χ0) is 26.6. The molecule has 0 unspecified atom stereocenters. The molecule has 2 saturated heterocycles. The first-order valence-electron chi connectivity index (χ1n) is 13.9. The molecule has 10 heteroatoms. The molecule has 1 saturated carbocycles. The maximum absolute atomic E-state index is 13.8. The van der Waals surface area contributed by atoms with Crippen LogP contribution in [0.4, 0.5) is 0 Å². The highest BCUT2D eigenvalue weighted by atomic mass is 32.2. The van der Waals surface area contributed by atoms with Gasteiger partial charge in [0.2, 0.25) is 0 Å². The molecule has 1 aliphatic carbocycles. The van der Waals surface area contributed by atoms with Gasteiger partial charge in [-0.2, -0.15) is 17.0 Å². The Morgan fingerprint density at radius 3 is 2.31 bits per heavy atom. The number of hydrogen-bond acceptors (Lipinski definition) is 6. The van der Waals surface area contributed by atoms with Gasteiger partial charge < -0.3 is 4.42 Å². The van der Waals surface area contributed by atoms with Crippen LogP contribution < -0.4 is 0 Å². The van der Waals surface area contributed by atoms with Crippen molar-refractivity contribution in [2.75, 3.05) is 39.5 Å². The first kappa shape index (κ1) is 25.0. The molecule has 0 radical (unpaired) electrons. The first-order valence-corrected chi connectivity index (χ1v) is 15.3. The maximum atomic E-state index is 13.8. The summed E-state index contributed by atoms with van der Waals surface area (Å²) in [5.74, 6) is 0.741. The number of carbonyl (C=O) groups excluding carboxylic acids is 1. The van der Waals surface area contributed by atoms with E-state index in [1.54, 1.807) is 19.8 Å². The smallest absolute Gasteiger partial charge is 0.283 e. The lowest BCUT2D eigenvalue weighted by Gasteiger charge is -2.28. The summed E-state index contributed by atoms with van der Waals surface area (Å²) in [5, 5.41) is 1.06. The lowest BCUT2D eigenvalue weighted by Crippen LogP contribution is -2.47. The van der Waals surface area contributed by atoms with Gasteiger partial charge in [-0.05, 0) is 55.0 Å². The summed E-state index contributed by atoms with van der Waals surface area (Å²) in [6, 6.07) is 16.3. The molecule has 3 aliphatic heterocycles. The summed E-state index contributed by atoms with van der Waals surface area (Å²) in [7, 11) is -3.46. The summed E-state index contributed by atoms with van der Waals surface area (Å²) >= 11 is 0. The second kappa shape index (κ2) is 9.55. The number of amides is 1. The molecule has 4 aliphatic rings. The lowest BCUT2D eigenvalue weighted by molar-refractivity contribution is -0.132.